The van der Waals surface area contributed by atoms with Crippen LogP contribution in [-0.2, 0) is 4.79 Å². The first kappa shape index (κ1) is 11.5. The number of hydrogen-bond donors (Lipinski definition) is 2. The molecule has 4 nitrogen and oxygen atoms in total. The third kappa shape index (κ3) is 1.77. The van der Waals surface area contributed by atoms with Crippen molar-refractivity contribution >= 4 is 11.7 Å². The molecule has 0 aliphatic carbocycles. The number of hydrogen-bond acceptors (Lipinski definition) is 3. The number of para-hydroxylation sites is 1. The third-order valence-corrected chi connectivity index (χ3v) is 4.28. The van der Waals surface area contributed by atoms with Crippen molar-refractivity contribution in [3.63, 3.8) is 0 Å². The summed E-state index contributed by atoms with van der Waals surface area (Å²) < 4.78 is 0. The molecule has 0 amide bonds. The highest BCUT2D eigenvalue weighted by molar-refractivity contribution is 5.84. The van der Waals surface area contributed by atoms with E-state index < -0.39 is 11.5 Å². The first-order chi connectivity index (χ1) is 8.71. The predicted molar refractivity (Wildman–Crippen MR) is 69.6 cm³/mol. The van der Waals surface area contributed by atoms with Gasteiger partial charge in [-0.1, -0.05) is 18.2 Å². The van der Waals surface area contributed by atoms with Crippen LogP contribution < -0.4 is 5.32 Å². The number of rotatable bonds is 3. The zero-order valence-electron chi connectivity index (χ0n) is 10.3. The number of benzene rings is 1. The van der Waals surface area contributed by atoms with Gasteiger partial charge in [-0.25, -0.2) is 4.79 Å². The molecule has 2 bridgehead atoms. The van der Waals surface area contributed by atoms with Crippen molar-refractivity contribution in [3.05, 3.63) is 30.3 Å². The van der Waals surface area contributed by atoms with Gasteiger partial charge in [-0.3, -0.25) is 0 Å². The molecule has 1 aromatic carbocycles. The second kappa shape index (κ2) is 4.28. The molecular formula is C14H18N2O2. The number of nitrogens with one attached hydrogen (secondary N) is 1. The maximum Gasteiger partial charge on any atom is 0.330 e. The van der Waals surface area contributed by atoms with E-state index in [0.29, 0.717) is 6.54 Å². The van der Waals surface area contributed by atoms with Gasteiger partial charge >= 0.3 is 5.97 Å². The quantitative estimate of drug-likeness (QED) is 0.851. The summed E-state index contributed by atoms with van der Waals surface area (Å²) in [5.74, 6) is -0.485. The maximum atomic E-state index is 11.8. The Morgan fingerprint density at radius 1 is 1.28 bits per heavy atom. The lowest BCUT2D eigenvalue weighted by Crippen LogP contribution is -2.66. The molecule has 3 heterocycles. The van der Waals surface area contributed by atoms with Crippen LogP contribution >= 0.6 is 0 Å². The van der Waals surface area contributed by atoms with Gasteiger partial charge in [0, 0.05) is 12.2 Å². The highest BCUT2D eigenvalue weighted by atomic mass is 16.4. The number of carboxylic acids is 1. The summed E-state index contributed by atoms with van der Waals surface area (Å²) in [6.45, 7) is 2.69. The summed E-state index contributed by atoms with van der Waals surface area (Å²) in [6, 6.07) is 9.66. The number of carbonyl (C=O) groups is 1. The largest absolute Gasteiger partial charge is 0.479 e. The summed E-state index contributed by atoms with van der Waals surface area (Å²) in [4.78, 5) is 14.0. The topological polar surface area (TPSA) is 52.6 Å². The lowest BCUT2D eigenvalue weighted by Gasteiger charge is -2.51. The van der Waals surface area contributed by atoms with Crippen LogP contribution in [0.5, 0.6) is 0 Å². The van der Waals surface area contributed by atoms with Crippen molar-refractivity contribution in [2.24, 2.45) is 5.92 Å². The molecule has 3 aliphatic heterocycles. The van der Waals surface area contributed by atoms with E-state index in [9.17, 15) is 9.90 Å². The Morgan fingerprint density at radius 2 is 1.94 bits per heavy atom. The van der Waals surface area contributed by atoms with Gasteiger partial charge in [-0.2, -0.15) is 0 Å². The van der Waals surface area contributed by atoms with E-state index in [1.807, 2.05) is 30.3 Å². The van der Waals surface area contributed by atoms with E-state index in [-0.39, 0.29) is 5.92 Å². The molecule has 1 unspecified atom stereocenters. The lowest BCUT2D eigenvalue weighted by molar-refractivity contribution is -0.149. The van der Waals surface area contributed by atoms with Gasteiger partial charge in [0.1, 0.15) is 0 Å². The van der Waals surface area contributed by atoms with E-state index in [1.165, 1.54) is 0 Å². The van der Waals surface area contributed by atoms with Crippen molar-refractivity contribution in [3.8, 4) is 0 Å². The molecule has 0 radical (unpaired) electrons. The highest BCUT2D eigenvalue weighted by Gasteiger charge is 2.52. The Morgan fingerprint density at radius 3 is 2.44 bits per heavy atom. The number of fused-ring (bicyclic) bond motifs is 3. The number of piperidine rings is 3. The fourth-order valence-electron chi connectivity index (χ4n) is 3.28. The molecule has 4 rings (SSSR count). The van der Waals surface area contributed by atoms with Gasteiger partial charge < -0.3 is 15.3 Å². The number of carboxylic acid groups (broad SMARTS) is 1. The highest BCUT2D eigenvalue weighted by Crippen LogP contribution is 2.38. The molecule has 3 fully saturated rings. The van der Waals surface area contributed by atoms with Gasteiger partial charge in [-0.05, 0) is 44.0 Å². The summed E-state index contributed by atoms with van der Waals surface area (Å²) in [5.41, 5.74) is 0.0892. The van der Waals surface area contributed by atoms with Crippen LogP contribution in [0.3, 0.4) is 0 Å². The van der Waals surface area contributed by atoms with Gasteiger partial charge in [0.25, 0.3) is 0 Å². The van der Waals surface area contributed by atoms with Crippen LogP contribution in [0.4, 0.5) is 5.69 Å². The minimum Gasteiger partial charge on any atom is -0.479 e. The molecule has 4 heteroatoms. The first-order valence-electron chi connectivity index (χ1n) is 6.50. The van der Waals surface area contributed by atoms with E-state index in [2.05, 4.69) is 10.2 Å². The average molecular weight is 246 g/mol. The van der Waals surface area contributed by atoms with E-state index in [4.69, 9.17) is 0 Å². The molecule has 0 saturated carbocycles. The summed E-state index contributed by atoms with van der Waals surface area (Å²) >= 11 is 0. The third-order valence-electron chi connectivity index (χ3n) is 4.28. The molecule has 1 atom stereocenters. The van der Waals surface area contributed by atoms with Crippen molar-refractivity contribution < 1.29 is 9.90 Å². The van der Waals surface area contributed by atoms with Gasteiger partial charge in [0.05, 0.1) is 0 Å². The Hall–Kier alpha value is -1.55. The molecule has 3 aliphatic rings. The molecule has 0 spiro atoms. The summed E-state index contributed by atoms with van der Waals surface area (Å²) in [6.07, 6.45) is 1.96. The maximum absolute atomic E-state index is 11.8. The molecule has 18 heavy (non-hydrogen) atoms. The standard InChI is InChI=1S/C14H18N2O2/c17-13(18)14(15-12-4-2-1-3-5-12)10-16-8-6-11(14)7-9-16/h1-5,11,15H,6-10H2,(H,17,18). The summed E-state index contributed by atoms with van der Waals surface area (Å²) in [5, 5.41) is 13.0. The predicted octanol–water partition coefficient (Wildman–Crippen LogP) is 1.65. The van der Waals surface area contributed by atoms with E-state index >= 15 is 0 Å². The minimum absolute atomic E-state index is 0.236. The van der Waals surface area contributed by atoms with E-state index in [0.717, 1.165) is 31.6 Å². The second-order valence-corrected chi connectivity index (χ2v) is 5.32. The van der Waals surface area contributed by atoms with Crippen LogP contribution in [0.2, 0.25) is 0 Å². The Kier molecular flexibility index (Phi) is 2.74. The Bertz CT molecular complexity index is 440. The zero-order valence-corrected chi connectivity index (χ0v) is 10.3. The van der Waals surface area contributed by atoms with Crippen LogP contribution in [0.1, 0.15) is 12.8 Å². The van der Waals surface area contributed by atoms with Crippen LogP contribution in [-0.4, -0.2) is 41.1 Å². The Balaban J connectivity index is 1.90. The fraction of sp³-hybridized carbons (Fsp3) is 0.500. The van der Waals surface area contributed by atoms with Crippen LogP contribution in [0.25, 0.3) is 0 Å². The molecular weight excluding hydrogens is 228 g/mol. The number of anilines is 1. The second-order valence-electron chi connectivity index (χ2n) is 5.32. The monoisotopic (exact) mass is 246 g/mol. The zero-order chi connectivity index (χ0) is 12.6. The minimum atomic E-state index is -0.808. The summed E-state index contributed by atoms with van der Waals surface area (Å²) in [7, 11) is 0. The smallest absolute Gasteiger partial charge is 0.330 e. The van der Waals surface area contributed by atoms with Gasteiger partial charge in [0.15, 0.2) is 5.54 Å². The molecule has 1 aromatic rings. The molecule has 96 valence electrons. The van der Waals surface area contributed by atoms with Crippen molar-refractivity contribution in [2.75, 3.05) is 25.0 Å². The van der Waals surface area contributed by atoms with Gasteiger partial charge in [0.2, 0.25) is 0 Å². The van der Waals surface area contributed by atoms with Crippen molar-refractivity contribution in [1.82, 2.24) is 4.90 Å². The lowest BCUT2D eigenvalue weighted by atomic mass is 9.72. The average Bonchev–Trinajstić information content (AvgIpc) is 2.41. The number of nitrogens with zero attached hydrogens (tertiary/aromatic N) is 1. The van der Waals surface area contributed by atoms with Crippen molar-refractivity contribution in [1.29, 1.82) is 0 Å². The van der Waals surface area contributed by atoms with E-state index in [1.54, 1.807) is 0 Å². The first-order valence-corrected chi connectivity index (χ1v) is 6.50. The fourth-order valence-corrected chi connectivity index (χ4v) is 3.28. The van der Waals surface area contributed by atoms with Crippen molar-refractivity contribution in [2.45, 2.75) is 18.4 Å². The van der Waals surface area contributed by atoms with Crippen LogP contribution in [0, 0.1) is 5.92 Å². The molecule has 3 saturated heterocycles. The Labute approximate surface area is 107 Å². The normalized spacial score (nSPS) is 34.2. The molecule has 2 N–H and O–H groups in total. The van der Waals surface area contributed by atoms with Gasteiger partial charge in [-0.15, -0.1) is 0 Å². The molecule has 0 aromatic heterocycles. The number of aliphatic carboxylic acids is 1. The van der Waals surface area contributed by atoms with Crippen LogP contribution in [0.15, 0.2) is 30.3 Å². The SMILES string of the molecule is O=C(O)C1(Nc2ccccc2)CN2CCC1CC2.